The van der Waals surface area contributed by atoms with E-state index in [4.69, 9.17) is 0 Å². The zero-order chi connectivity index (χ0) is 16.4. The number of aromatic nitrogens is 1. The highest BCUT2D eigenvalue weighted by atomic mass is 32.1. The fourth-order valence-corrected chi connectivity index (χ4v) is 3.53. The van der Waals surface area contributed by atoms with E-state index in [9.17, 15) is 9.59 Å². The molecular formula is C16H18N4O2S. The molecule has 1 aromatic carbocycles. The highest BCUT2D eigenvalue weighted by Gasteiger charge is 2.23. The summed E-state index contributed by atoms with van der Waals surface area (Å²) in [4.78, 5) is 33.5. The molecule has 1 aromatic heterocycles. The second-order valence-corrected chi connectivity index (χ2v) is 6.61. The third kappa shape index (κ3) is 3.40. The molecule has 2 amide bonds. The van der Waals surface area contributed by atoms with Gasteiger partial charge in [-0.1, -0.05) is 18.2 Å². The smallest absolute Gasteiger partial charge is 0.307 e. The average Bonchev–Trinajstić information content (AvgIpc) is 2.95. The van der Waals surface area contributed by atoms with E-state index in [1.807, 2.05) is 18.2 Å². The van der Waals surface area contributed by atoms with Gasteiger partial charge < -0.3 is 9.80 Å². The molecule has 1 aliphatic heterocycles. The molecule has 23 heavy (non-hydrogen) atoms. The van der Waals surface area contributed by atoms with Crippen molar-refractivity contribution >= 4 is 34.0 Å². The number of carbonyl (C=O) groups is 2. The molecule has 2 heterocycles. The number of carbonyl (C=O) groups excluding carboxylic acids is 2. The highest BCUT2D eigenvalue weighted by molar-refractivity contribution is 7.16. The van der Waals surface area contributed by atoms with E-state index in [0.717, 1.165) is 30.1 Å². The van der Waals surface area contributed by atoms with Gasteiger partial charge in [0.1, 0.15) is 0 Å². The van der Waals surface area contributed by atoms with E-state index in [-0.39, 0.29) is 0 Å². The van der Waals surface area contributed by atoms with Gasteiger partial charge in [0.15, 0.2) is 5.13 Å². The zero-order valence-corrected chi connectivity index (χ0v) is 13.9. The molecule has 0 radical (unpaired) electrons. The summed E-state index contributed by atoms with van der Waals surface area (Å²) in [6, 6.07) is 9.07. The van der Waals surface area contributed by atoms with Crippen LogP contribution in [0.4, 0.5) is 10.8 Å². The normalized spacial score (nSPS) is 14.2. The van der Waals surface area contributed by atoms with Gasteiger partial charge in [0, 0.05) is 37.1 Å². The largest absolute Gasteiger partial charge is 0.316 e. The van der Waals surface area contributed by atoms with E-state index in [2.05, 4.69) is 22.2 Å². The van der Waals surface area contributed by atoms with Crippen molar-refractivity contribution in [3.8, 4) is 0 Å². The van der Waals surface area contributed by atoms with Gasteiger partial charge in [-0.15, -0.1) is 11.3 Å². The van der Waals surface area contributed by atoms with Crippen LogP contribution in [0.3, 0.4) is 0 Å². The molecule has 7 heteroatoms. The molecular weight excluding hydrogens is 312 g/mol. The number of para-hydroxylation sites is 1. The third-order valence-corrected chi connectivity index (χ3v) is 4.78. The number of anilines is 2. The Kier molecular flexibility index (Phi) is 4.40. The molecule has 3 rings (SSSR count). The van der Waals surface area contributed by atoms with Crippen LogP contribution in [-0.2, 0) is 22.6 Å². The Bertz CT molecular complexity index is 729. The number of hydrogen-bond acceptors (Lipinski definition) is 5. The maximum atomic E-state index is 12.2. The van der Waals surface area contributed by atoms with E-state index in [1.165, 1.54) is 16.2 Å². The van der Waals surface area contributed by atoms with Crippen molar-refractivity contribution in [2.75, 3.05) is 30.9 Å². The number of hydrogen-bond donors (Lipinski definition) is 1. The third-order valence-electron chi connectivity index (χ3n) is 3.78. The number of amides is 2. The first-order chi connectivity index (χ1) is 11.0. The van der Waals surface area contributed by atoms with Crippen LogP contribution in [0.1, 0.15) is 10.6 Å². The monoisotopic (exact) mass is 330 g/mol. The first kappa shape index (κ1) is 15.6. The van der Waals surface area contributed by atoms with Gasteiger partial charge >= 0.3 is 11.8 Å². The van der Waals surface area contributed by atoms with Gasteiger partial charge in [0.2, 0.25) is 0 Å². The Morgan fingerprint density at radius 3 is 2.78 bits per heavy atom. The Hall–Kier alpha value is -2.25. The summed E-state index contributed by atoms with van der Waals surface area (Å²) in [5.74, 6) is -1.28. The summed E-state index contributed by atoms with van der Waals surface area (Å²) in [5, 5.41) is 3.11. The SMILES string of the molecule is CN1CCc2nc(NC(=O)C(=O)N(C)c3ccccc3)sc2C1. The average molecular weight is 330 g/mol. The van der Waals surface area contributed by atoms with E-state index < -0.39 is 11.8 Å². The molecule has 2 aromatic rings. The number of thiazole rings is 1. The summed E-state index contributed by atoms with van der Waals surface area (Å²) in [6.45, 7) is 1.79. The van der Waals surface area contributed by atoms with Crippen LogP contribution < -0.4 is 10.2 Å². The van der Waals surface area contributed by atoms with Gasteiger partial charge in [0.05, 0.1) is 5.69 Å². The van der Waals surface area contributed by atoms with Crippen LogP contribution in [0.5, 0.6) is 0 Å². The maximum absolute atomic E-state index is 12.2. The fourth-order valence-electron chi connectivity index (χ4n) is 2.45. The summed E-state index contributed by atoms with van der Waals surface area (Å²) >= 11 is 1.44. The van der Waals surface area contributed by atoms with Crippen LogP contribution in [0.2, 0.25) is 0 Å². The minimum Gasteiger partial charge on any atom is -0.307 e. The van der Waals surface area contributed by atoms with Gasteiger partial charge in [-0.2, -0.15) is 0 Å². The Labute approximate surface area is 138 Å². The van der Waals surface area contributed by atoms with Gasteiger partial charge in [-0.05, 0) is 19.2 Å². The Balaban J connectivity index is 1.68. The number of rotatable bonds is 2. The molecule has 0 bridgehead atoms. The second kappa shape index (κ2) is 6.47. The minimum atomic E-state index is -0.671. The lowest BCUT2D eigenvalue weighted by atomic mass is 10.2. The number of benzene rings is 1. The quantitative estimate of drug-likeness (QED) is 0.852. The summed E-state index contributed by atoms with van der Waals surface area (Å²) in [6.07, 6.45) is 0.871. The molecule has 1 N–H and O–H groups in total. The first-order valence-electron chi connectivity index (χ1n) is 7.36. The molecule has 120 valence electrons. The van der Waals surface area contributed by atoms with Crippen molar-refractivity contribution < 1.29 is 9.59 Å². The molecule has 6 nitrogen and oxygen atoms in total. The van der Waals surface area contributed by atoms with Crippen molar-refractivity contribution in [2.45, 2.75) is 13.0 Å². The molecule has 0 fully saturated rings. The number of nitrogens with one attached hydrogen (secondary N) is 1. The molecule has 0 atom stereocenters. The van der Waals surface area contributed by atoms with Crippen molar-refractivity contribution in [1.82, 2.24) is 9.88 Å². The lowest BCUT2D eigenvalue weighted by Crippen LogP contribution is -2.37. The summed E-state index contributed by atoms with van der Waals surface area (Å²) in [7, 11) is 3.64. The predicted octanol–water partition coefficient (Wildman–Crippen LogP) is 1.73. The van der Waals surface area contributed by atoms with E-state index in [1.54, 1.807) is 19.2 Å². The Morgan fingerprint density at radius 1 is 1.30 bits per heavy atom. The van der Waals surface area contributed by atoms with Crippen LogP contribution in [0.25, 0.3) is 0 Å². The molecule has 1 aliphatic rings. The lowest BCUT2D eigenvalue weighted by Gasteiger charge is -2.20. The molecule has 0 unspecified atom stereocenters. The highest BCUT2D eigenvalue weighted by Crippen LogP contribution is 2.27. The maximum Gasteiger partial charge on any atom is 0.316 e. The van der Waals surface area contributed by atoms with Crippen LogP contribution in [0, 0.1) is 0 Å². The zero-order valence-electron chi connectivity index (χ0n) is 13.1. The summed E-state index contributed by atoms with van der Waals surface area (Å²) < 4.78 is 0. The Morgan fingerprint density at radius 2 is 2.04 bits per heavy atom. The lowest BCUT2D eigenvalue weighted by molar-refractivity contribution is -0.134. The number of likely N-dealkylation sites (N-methyl/N-ethyl adjacent to an activating group) is 2. The van der Waals surface area contributed by atoms with Crippen LogP contribution in [-0.4, -0.2) is 42.3 Å². The van der Waals surface area contributed by atoms with Crippen LogP contribution in [0.15, 0.2) is 30.3 Å². The van der Waals surface area contributed by atoms with Crippen molar-refractivity contribution in [3.63, 3.8) is 0 Å². The summed E-state index contributed by atoms with van der Waals surface area (Å²) in [5.41, 5.74) is 1.69. The molecule has 0 saturated heterocycles. The van der Waals surface area contributed by atoms with Gasteiger partial charge in [0.25, 0.3) is 0 Å². The second-order valence-electron chi connectivity index (χ2n) is 5.53. The van der Waals surface area contributed by atoms with Crippen molar-refractivity contribution in [3.05, 3.63) is 40.9 Å². The first-order valence-corrected chi connectivity index (χ1v) is 8.17. The predicted molar refractivity (Wildman–Crippen MR) is 90.6 cm³/mol. The number of fused-ring (bicyclic) bond motifs is 1. The molecule has 0 aliphatic carbocycles. The van der Waals surface area contributed by atoms with E-state index in [0.29, 0.717) is 10.8 Å². The van der Waals surface area contributed by atoms with Crippen molar-refractivity contribution in [1.29, 1.82) is 0 Å². The topological polar surface area (TPSA) is 65.5 Å². The standard InChI is InChI=1S/C16H18N4O2S/c1-19-9-8-12-13(10-19)23-16(17-12)18-14(21)15(22)20(2)11-6-4-3-5-7-11/h3-7H,8-10H2,1-2H3,(H,17,18,21). The van der Waals surface area contributed by atoms with Gasteiger partial charge in [-0.25, -0.2) is 4.98 Å². The molecule has 0 spiro atoms. The molecule has 0 saturated carbocycles. The van der Waals surface area contributed by atoms with Crippen LogP contribution >= 0.6 is 11.3 Å². The van der Waals surface area contributed by atoms with Gasteiger partial charge in [-0.3, -0.25) is 14.9 Å². The van der Waals surface area contributed by atoms with Crippen molar-refractivity contribution in [2.24, 2.45) is 0 Å². The minimum absolute atomic E-state index is 0.491. The number of nitrogens with zero attached hydrogens (tertiary/aromatic N) is 3. The van der Waals surface area contributed by atoms with E-state index >= 15 is 0 Å². The fraction of sp³-hybridized carbons (Fsp3) is 0.312.